The molecule has 0 aromatic rings. The fourth-order valence-electron chi connectivity index (χ4n) is 2.31. The van der Waals surface area contributed by atoms with Crippen molar-refractivity contribution in [3.63, 3.8) is 0 Å². The van der Waals surface area contributed by atoms with Crippen molar-refractivity contribution < 1.29 is 5.11 Å². The minimum absolute atomic E-state index is 0.358. The topological polar surface area (TPSA) is 23.5 Å². The van der Waals surface area contributed by atoms with Crippen LogP contribution < -0.4 is 0 Å². The summed E-state index contributed by atoms with van der Waals surface area (Å²) < 4.78 is 0. The van der Waals surface area contributed by atoms with Crippen LogP contribution in [0.1, 0.15) is 78.1 Å². The Morgan fingerprint density at radius 1 is 0.611 bits per heavy atom. The van der Waals surface area contributed by atoms with E-state index < -0.39 is 0 Å². The highest BCUT2D eigenvalue weighted by molar-refractivity contribution is 4.59. The van der Waals surface area contributed by atoms with E-state index in [4.69, 9.17) is 5.11 Å². The Balaban J connectivity index is 3.60. The minimum atomic E-state index is 0.358. The lowest BCUT2D eigenvalue weighted by Crippen LogP contribution is -2.27. The highest BCUT2D eigenvalue weighted by Gasteiger charge is 2.03. The standard InChI is InChI=1S/C16H35NO/c1-3-5-9-13-17(14-10-6-4-2)15-11-7-8-12-16-18/h18H,3-16H2,1-2H3. The van der Waals surface area contributed by atoms with Crippen LogP contribution in [0.15, 0.2) is 0 Å². The van der Waals surface area contributed by atoms with Gasteiger partial charge in [-0.25, -0.2) is 0 Å². The molecular formula is C16H35NO. The number of nitrogens with zero attached hydrogens (tertiary/aromatic N) is 1. The Morgan fingerprint density at radius 3 is 1.50 bits per heavy atom. The summed E-state index contributed by atoms with van der Waals surface area (Å²) in [6, 6.07) is 0. The predicted molar refractivity (Wildman–Crippen MR) is 81.0 cm³/mol. The van der Waals surface area contributed by atoms with Crippen LogP contribution in [0.4, 0.5) is 0 Å². The van der Waals surface area contributed by atoms with Crippen molar-refractivity contribution in [2.75, 3.05) is 26.2 Å². The van der Waals surface area contributed by atoms with Crippen molar-refractivity contribution in [2.24, 2.45) is 0 Å². The second-order valence-corrected chi connectivity index (χ2v) is 5.39. The summed E-state index contributed by atoms with van der Waals surface area (Å²) in [5, 5.41) is 8.75. The molecule has 0 saturated heterocycles. The first-order valence-corrected chi connectivity index (χ1v) is 8.18. The molecule has 18 heavy (non-hydrogen) atoms. The van der Waals surface area contributed by atoms with Gasteiger partial charge in [0, 0.05) is 6.61 Å². The van der Waals surface area contributed by atoms with E-state index >= 15 is 0 Å². The molecule has 110 valence electrons. The van der Waals surface area contributed by atoms with E-state index in [1.165, 1.54) is 77.4 Å². The van der Waals surface area contributed by atoms with Crippen LogP contribution in [0.3, 0.4) is 0 Å². The molecule has 0 rings (SSSR count). The van der Waals surface area contributed by atoms with Crippen molar-refractivity contribution in [1.29, 1.82) is 0 Å². The largest absolute Gasteiger partial charge is 0.396 e. The fourth-order valence-corrected chi connectivity index (χ4v) is 2.31. The van der Waals surface area contributed by atoms with Crippen molar-refractivity contribution in [3.8, 4) is 0 Å². The summed E-state index contributed by atoms with van der Waals surface area (Å²) in [7, 11) is 0. The third-order valence-electron chi connectivity index (χ3n) is 3.54. The van der Waals surface area contributed by atoms with Gasteiger partial charge in [-0.3, -0.25) is 0 Å². The van der Waals surface area contributed by atoms with E-state index in [1.54, 1.807) is 0 Å². The number of hydrogen-bond donors (Lipinski definition) is 1. The first kappa shape index (κ1) is 17.9. The number of hydrogen-bond acceptors (Lipinski definition) is 2. The van der Waals surface area contributed by atoms with Gasteiger partial charge in [0.25, 0.3) is 0 Å². The molecule has 0 radical (unpaired) electrons. The number of aliphatic hydroxyl groups excluding tert-OH is 1. The number of unbranched alkanes of at least 4 members (excludes halogenated alkanes) is 7. The number of rotatable bonds is 14. The summed E-state index contributed by atoms with van der Waals surface area (Å²) in [6.45, 7) is 8.75. The van der Waals surface area contributed by atoms with Gasteiger partial charge in [0.1, 0.15) is 0 Å². The molecule has 0 fully saturated rings. The molecule has 0 aromatic carbocycles. The van der Waals surface area contributed by atoms with Crippen LogP contribution in [0, 0.1) is 0 Å². The van der Waals surface area contributed by atoms with Crippen molar-refractivity contribution in [2.45, 2.75) is 78.1 Å². The molecule has 2 nitrogen and oxygen atoms in total. The Hall–Kier alpha value is -0.0800. The molecule has 0 spiro atoms. The van der Waals surface area contributed by atoms with E-state index in [2.05, 4.69) is 18.7 Å². The molecule has 0 saturated carbocycles. The highest BCUT2D eigenvalue weighted by atomic mass is 16.2. The lowest BCUT2D eigenvalue weighted by molar-refractivity contribution is 0.250. The first-order valence-electron chi connectivity index (χ1n) is 8.18. The summed E-state index contributed by atoms with van der Waals surface area (Å²) >= 11 is 0. The molecule has 0 bridgehead atoms. The third-order valence-corrected chi connectivity index (χ3v) is 3.54. The second-order valence-electron chi connectivity index (χ2n) is 5.39. The maximum Gasteiger partial charge on any atom is 0.0431 e. The second kappa shape index (κ2) is 15.0. The van der Waals surface area contributed by atoms with Crippen LogP contribution in [-0.4, -0.2) is 36.2 Å². The molecule has 2 heteroatoms. The zero-order valence-corrected chi connectivity index (χ0v) is 12.8. The summed E-state index contributed by atoms with van der Waals surface area (Å²) in [5.74, 6) is 0. The number of aliphatic hydroxyl groups is 1. The van der Waals surface area contributed by atoms with Crippen LogP contribution in [0.5, 0.6) is 0 Å². The predicted octanol–water partition coefficient (Wildman–Crippen LogP) is 4.22. The zero-order chi connectivity index (χ0) is 13.5. The first-order chi connectivity index (χ1) is 8.85. The van der Waals surface area contributed by atoms with Crippen LogP contribution in [0.25, 0.3) is 0 Å². The monoisotopic (exact) mass is 257 g/mol. The molecule has 0 unspecified atom stereocenters. The summed E-state index contributed by atoms with van der Waals surface area (Å²) in [4.78, 5) is 2.66. The maximum atomic E-state index is 8.75. The smallest absolute Gasteiger partial charge is 0.0431 e. The van der Waals surface area contributed by atoms with Gasteiger partial charge in [-0.2, -0.15) is 0 Å². The summed E-state index contributed by atoms with van der Waals surface area (Å²) in [5.41, 5.74) is 0. The van der Waals surface area contributed by atoms with Gasteiger partial charge in [0.05, 0.1) is 0 Å². The molecule has 0 aromatic heterocycles. The van der Waals surface area contributed by atoms with E-state index in [0.29, 0.717) is 6.61 Å². The van der Waals surface area contributed by atoms with Crippen molar-refractivity contribution >= 4 is 0 Å². The van der Waals surface area contributed by atoms with E-state index in [0.717, 1.165) is 6.42 Å². The van der Waals surface area contributed by atoms with Crippen LogP contribution in [0.2, 0.25) is 0 Å². The fraction of sp³-hybridized carbons (Fsp3) is 1.00. The SMILES string of the molecule is CCCCCN(CCCCC)CCCCCCO. The van der Waals surface area contributed by atoms with Gasteiger partial charge in [0.2, 0.25) is 0 Å². The Labute approximate surface area is 115 Å². The molecule has 0 aliphatic heterocycles. The lowest BCUT2D eigenvalue weighted by Gasteiger charge is -2.22. The summed E-state index contributed by atoms with van der Waals surface area (Å²) in [6.07, 6.45) is 12.8. The molecule has 0 amide bonds. The van der Waals surface area contributed by atoms with E-state index in [9.17, 15) is 0 Å². The lowest BCUT2D eigenvalue weighted by atomic mass is 10.1. The Kier molecular flexibility index (Phi) is 14.9. The third kappa shape index (κ3) is 12.4. The van der Waals surface area contributed by atoms with Crippen LogP contribution in [-0.2, 0) is 0 Å². The van der Waals surface area contributed by atoms with Gasteiger partial charge in [0.15, 0.2) is 0 Å². The van der Waals surface area contributed by atoms with E-state index in [-0.39, 0.29) is 0 Å². The van der Waals surface area contributed by atoms with Gasteiger partial charge < -0.3 is 10.0 Å². The van der Waals surface area contributed by atoms with Gasteiger partial charge in [-0.1, -0.05) is 52.4 Å². The Bertz CT molecular complexity index is 140. The minimum Gasteiger partial charge on any atom is -0.396 e. The molecule has 0 atom stereocenters. The van der Waals surface area contributed by atoms with Crippen molar-refractivity contribution in [1.82, 2.24) is 4.90 Å². The van der Waals surface area contributed by atoms with Gasteiger partial charge >= 0.3 is 0 Å². The molecular weight excluding hydrogens is 222 g/mol. The normalized spacial score (nSPS) is 11.3. The average Bonchev–Trinajstić information content (AvgIpc) is 2.38. The van der Waals surface area contributed by atoms with Gasteiger partial charge in [-0.05, 0) is 45.3 Å². The quantitative estimate of drug-likeness (QED) is 0.471. The molecule has 0 aliphatic rings. The molecule has 0 aliphatic carbocycles. The van der Waals surface area contributed by atoms with E-state index in [1.807, 2.05) is 0 Å². The average molecular weight is 257 g/mol. The highest BCUT2D eigenvalue weighted by Crippen LogP contribution is 2.06. The zero-order valence-electron chi connectivity index (χ0n) is 12.8. The Morgan fingerprint density at radius 2 is 1.06 bits per heavy atom. The van der Waals surface area contributed by atoms with Gasteiger partial charge in [-0.15, -0.1) is 0 Å². The molecule has 0 heterocycles. The maximum absolute atomic E-state index is 8.75. The van der Waals surface area contributed by atoms with Crippen LogP contribution >= 0.6 is 0 Å². The molecule has 1 N–H and O–H groups in total. The van der Waals surface area contributed by atoms with Crippen molar-refractivity contribution in [3.05, 3.63) is 0 Å².